The van der Waals surface area contributed by atoms with E-state index in [-0.39, 0.29) is 25.9 Å². The van der Waals surface area contributed by atoms with Crippen LogP contribution >= 0.6 is 0 Å². The number of allylic oxidation sites excluding steroid dienone is 18. The van der Waals surface area contributed by atoms with E-state index in [4.69, 9.17) is 23.7 Å². The van der Waals surface area contributed by atoms with Crippen LogP contribution in [0.4, 0.5) is 0 Å². The Balaban J connectivity index is 2.74. The first kappa shape index (κ1) is 70.4. The summed E-state index contributed by atoms with van der Waals surface area (Å²) in [6.45, 7) is 5.69. The lowest BCUT2D eigenvalue weighted by Gasteiger charge is -2.40. The molecule has 6 atom stereocenters. The summed E-state index contributed by atoms with van der Waals surface area (Å²) in [5.41, 5.74) is 0. The molecule has 1 aliphatic heterocycles. The second-order valence-corrected chi connectivity index (χ2v) is 19.9. The van der Waals surface area contributed by atoms with Crippen LogP contribution in [0.3, 0.4) is 0 Å². The van der Waals surface area contributed by atoms with E-state index in [1.165, 1.54) is 57.8 Å². The van der Waals surface area contributed by atoms with Crippen LogP contribution in [-0.4, -0.2) is 89.2 Å². The van der Waals surface area contributed by atoms with E-state index >= 15 is 0 Å². The average molecular weight is 1080 g/mol. The van der Waals surface area contributed by atoms with Crippen molar-refractivity contribution in [3.63, 3.8) is 0 Å². The lowest BCUT2D eigenvalue weighted by Crippen LogP contribution is -2.61. The minimum Gasteiger partial charge on any atom is -0.479 e. The zero-order valence-electron chi connectivity index (χ0n) is 47.9. The molecule has 1 aliphatic rings. The molecule has 0 aromatic carbocycles. The van der Waals surface area contributed by atoms with Gasteiger partial charge in [0.15, 0.2) is 24.6 Å². The number of carboxylic acid groups (broad SMARTS) is 1. The summed E-state index contributed by atoms with van der Waals surface area (Å²) in [5.74, 6) is -3.26. The molecule has 0 aromatic heterocycles. The van der Waals surface area contributed by atoms with E-state index in [0.29, 0.717) is 19.3 Å². The highest BCUT2D eigenvalue weighted by molar-refractivity contribution is 5.74. The topological polar surface area (TPSA) is 175 Å². The maximum atomic E-state index is 13.1. The van der Waals surface area contributed by atoms with Crippen LogP contribution in [0.1, 0.15) is 226 Å². The van der Waals surface area contributed by atoms with Crippen LogP contribution in [0.2, 0.25) is 0 Å². The molecular weight excluding hydrogens is 973 g/mol. The monoisotopic (exact) mass is 1080 g/mol. The number of carboxylic acids is 1. The van der Waals surface area contributed by atoms with E-state index < -0.39 is 67.3 Å². The van der Waals surface area contributed by atoms with Gasteiger partial charge in [-0.2, -0.15) is 0 Å². The van der Waals surface area contributed by atoms with Gasteiger partial charge in [-0.15, -0.1) is 0 Å². The number of aliphatic carboxylic acids is 1. The molecule has 77 heavy (non-hydrogen) atoms. The van der Waals surface area contributed by atoms with E-state index in [1.807, 2.05) is 12.2 Å². The first-order valence-corrected chi connectivity index (χ1v) is 29.9. The number of carbonyl (C=O) groups excluding carboxylic acids is 3. The number of ether oxygens (including phenoxy) is 5. The highest BCUT2D eigenvalue weighted by Crippen LogP contribution is 2.26. The molecular formula is C65H104O12. The molecule has 0 bridgehead atoms. The van der Waals surface area contributed by atoms with Gasteiger partial charge >= 0.3 is 23.9 Å². The molecule has 3 N–H and O–H groups in total. The molecule has 0 aliphatic carbocycles. The van der Waals surface area contributed by atoms with Crippen LogP contribution in [0.15, 0.2) is 109 Å². The molecule has 0 aromatic rings. The normalized spacial score (nSPS) is 18.8. The Bertz CT molecular complexity index is 1750. The number of hydrogen-bond donors (Lipinski definition) is 3. The van der Waals surface area contributed by atoms with Crippen LogP contribution in [0.5, 0.6) is 0 Å². The Kier molecular flexibility index (Phi) is 47.6. The van der Waals surface area contributed by atoms with Gasteiger partial charge in [-0.1, -0.05) is 226 Å². The standard InChI is InChI=1S/C65H104O12/c1-4-7-10-13-16-19-22-25-27-28-29-30-32-34-36-39-42-45-48-51-57(66)73-54-56(75-58(67)52-49-46-43-40-37-33-24-21-18-15-12-9-6-3)55-74-65-63(61(70)60(69)62(77-65)64(71)72)76-59(68)53-50-47-44-41-38-35-31-26-23-20-17-14-11-8-5-2/h7-8,10-11,16-17,19-20,25-27,29-31,34,36,42,45,56,60-63,65,69-70H,4-6,9,12-15,18,21-24,28,32-33,35,37-41,43-44,46-55H2,1-3H3,(H,71,72)/b10-7-,11-8-,19-16-,20-17-,27-25-,30-29-,31-26-,36-34-,45-42-. The van der Waals surface area contributed by atoms with Crippen LogP contribution < -0.4 is 0 Å². The molecule has 12 nitrogen and oxygen atoms in total. The van der Waals surface area contributed by atoms with Crippen molar-refractivity contribution in [2.45, 2.75) is 263 Å². The molecule has 1 rings (SSSR count). The Labute approximate surface area is 465 Å². The van der Waals surface area contributed by atoms with E-state index in [1.54, 1.807) is 0 Å². The molecule has 12 heteroatoms. The van der Waals surface area contributed by atoms with Gasteiger partial charge in [-0.3, -0.25) is 14.4 Å². The number of aliphatic hydroxyl groups is 2. The maximum Gasteiger partial charge on any atom is 0.335 e. The molecule has 1 saturated heterocycles. The van der Waals surface area contributed by atoms with Crippen LogP contribution in [0, 0.1) is 0 Å². The molecule has 0 spiro atoms. The third-order valence-electron chi connectivity index (χ3n) is 12.9. The summed E-state index contributed by atoms with van der Waals surface area (Å²) >= 11 is 0. The zero-order valence-corrected chi connectivity index (χ0v) is 47.9. The Hall–Kier alpha value is -4.62. The van der Waals surface area contributed by atoms with Gasteiger partial charge in [0.2, 0.25) is 0 Å². The molecule has 6 unspecified atom stereocenters. The fraction of sp³-hybridized carbons (Fsp3) is 0.662. The highest BCUT2D eigenvalue weighted by Gasteiger charge is 2.50. The lowest BCUT2D eigenvalue weighted by molar-refractivity contribution is -0.301. The van der Waals surface area contributed by atoms with Crippen LogP contribution in [0.25, 0.3) is 0 Å². The van der Waals surface area contributed by atoms with Gasteiger partial charge in [0, 0.05) is 19.3 Å². The molecule has 436 valence electrons. The van der Waals surface area contributed by atoms with Crippen molar-refractivity contribution < 1.29 is 58.2 Å². The molecule has 1 heterocycles. The van der Waals surface area contributed by atoms with Crippen molar-refractivity contribution in [3.8, 4) is 0 Å². The number of rotatable bonds is 49. The van der Waals surface area contributed by atoms with E-state index in [0.717, 1.165) is 109 Å². The summed E-state index contributed by atoms with van der Waals surface area (Å²) in [5, 5.41) is 31.5. The zero-order chi connectivity index (χ0) is 56.1. The predicted molar refractivity (Wildman–Crippen MR) is 312 cm³/mol. The quantitative estimate of drug-likeness (QED) is 0.0228. The van der Waals surface area contributed by atoms with Gasteiger partial charge in [-0.05, 0) is 89.9 Å². The van der Waals surface area contributed by atoms with Gasteiger partial charge in [0.25, 0.3) is 0 Å². The largest absolute Gasteiger partial charge is 0.479 e. The Morgan fingerprint density at radius 1 is 0.442 bits per heavy atom. The fourth-order valence-electron chi connectivity index (χ4n) is 8.35. The number of unbranched alkanes of at least 4 members (excludes halogenated alkanes) is 17. The maximum absolute atomic E-state index is 13.1. The van der Waals surface area contributed by atoms with Crippen molar-refractivity contribution in [1.82, 2.24) is 0 Å². The van der Waals surface area contributed by atoms with Crippen LogP contribution in [-0.2, 0) is 42.9 Å². The van der Waals surface area contributed by atoms with Crippen molar-refractivity contribution in [2.75, 3.05) is 13.2 Å². The number of carbonyl (C=O) groups is 4. The van der Waals surface area contributed by atoms with Gasteiger partial charge in [0.1, 0.15) is 18.8 Å². The fourth-order valence-corrected chi connectivity index (χ4v) is 8.35. The van der Waals surface area contributed by atoms with Gasteiger partial charge in [0.05, 0.1) is 6.61 Å². The van der Waals surface area contributed by atoms with E-state index in [9.17, 15) is 34.5 Å². The number of esters is 3. The van der Waals surface area contributed by atoms with Gasteiger partial charge in [-0.25, -0.2) is 4.79 Å². The number of aliphatic hydroxyl groups excluding tert-OH is 2. The summed E-state index contributed by atoms with van der Waals surface area (Å²) in [4.78, 5) is 51.1. The molecule has 1 fully saturated rings. The van der Waals surface area contributed by atoms with Crippen molar-refractivity contribution in [1.29, 1.82) is 0 Å². The van der Waals surface area contributed by atoms with E-state index in [2.05, 4.69) is 118 Å². The van der Waals surface area contributed by atoms with Crippen molar-refractivity contribution in [3.05, 3.63) is 109 Å². The SMILES string of the molecule is CC/C=C\C/C=C\C/C=C\C/C=C\C/C=C\C/C=C\CCC(=O)OCC(COC1OC(C(=O)O)C(O)C(O)C1OC(=O)CCCCCCC/C=C\C/C=C\C/C=C\CC)OC(=O)CCCCCCCCCCCCCCC. The first-order valence-electron chi connectivity index (χ1n) is 29.9. The molecule has 0 saturated carbocycles. The summed E-state index contributed by atoms with van der Waals surface area (Å²) in [6.07, 6.45) is 57.8. The summed E-state index contributed by atoms with van der Waals surface area (Å²) < 4.78 is 28.3. The second-order valence-electron chi connectivity index (χ2n) is 19.9. The minimum atomic E-state index is -1.92. The average Bonchev–Trinajstić information content (AvgIpc) is 3.42. The first-order chi connectivity index (χ1) is 37.6. The summed E-state index contributed by atoms with van der Waals surface area (Å²) in [6, 6.07) is 0. The van der Waals surface area contributed by atoms with Gasteiger partial charge < -0.3 is 39.0 Å². The second kappa shape index (κ2) is 52.1. The minimum absolute atomic E-state index is 0.0298. The van der Waals surface area contributed by atoms with Crippen molar-refractivity contribution in [2.24, 2.45) is 0 Å². The molecule has 0 amide bonds. The lowest BCUT2D eigenvalue weighted by atomic mass is 9.98. The van der Waals surface area contributed by atoms with Crippen molar-refractivity contribution >= 4 is 23.9 Å². The number of hydrogen-bond acceptors (Lipinski definition) is 11. The summed E-state index contributed by atoms with van der Waals surface area (Å²) in [7, 11) is 0. The third kappa shape index (κ3) is 42.1. The highest BCUT2D eigenvalue weighted by atomic mass is 16.7. The smallest absolute Gasteiger partial charge is 0.335 e. The Morgan fingerprint density at radius 2 is 0.844 bits per heavy atom. The third-order valence-corrected chi connectivity index (χ3v) is 12.9. The molecule has 0 radical (unpaired) electrons. The Morgan fingerprint density at radius 3 is 1.30 bits per heavy atom. The predicted octanol–water partition coefficient (Wildman–Crippen LogP) is 15.4.